The molecule has 0 amide bonds. The highest BCUT2D eigenvalue weighted by molar-refractivity contribution is 5.14. The lowest BCUT2D eigenvalue weighted by atomic mass is 9.89. The fraction of sp³-hybridized carbons (Fsp3) is 0.846. The van der Waals surface area contributed by atoms with E-state index >= 15 is 0 Å². The Kier molecular flexibility index (Phi) is 2.89. The molecule has 0 aromatic carbocycles. The van der Waals surface area contributed by atoms with Crippen molar-refractivity contribution in [2.24, 2.45) is 23.2 Å². The molecule has 1 fully saturated rings. The van der Waals surface area contributed by atoms with Crippen molar-refractivity contribution in [2.45, 2.75) is 47.5 Å². The summed E-state index contributed by atoms with van der Waals surface area (Å²) in [5, 5.41) is 0. The van der Waals surface area contributed by atoms with E-state index in [0.717, 1.165) is 17.8 Å². The Balaban J connectivity index is 2.69. The van der Waals surface area contributed by atoms with Crippen molar-refractivity contribution in [3.05, 3.63) is 12.2 Å². The van der Waals surface area contributed by atoms with Crippen LogP contribution < -0.4 is 0 Å². The minimum absolute atomic E-state index is 0.578. The van der Waals surface area contributed by atoms with Gasteiger partial charge in [-0.3, -0.25) is 0 Å². The van der Waals surface area contributed by atoms with Crippen LogP contribution in [0.25, 0.3) is 0 Å². The normalized spacial score (nSPS) is 32.7. The Bertz CT molecular complexity index is 200. The van der Waals surface area contributed by atoms with E-state index in [1.807, 2.05) is 0 Å². The fourth-order valence-corrected chi connectivity index (χ4v) is 3.27. The number of allylic oxidation sites excluding steroid dienone is 1. The summed E-state index contributed by atoms with van der Waals surface area (Å²) >= 11 is 0. The van der Waals surface area contributed by atoms with Gasteiger partial charge in [0.15, 0.2) is 0 Å². The summed E-state index contributed by atoms with van der Waals surface area (Å²) in [4.78, 5) is 0. The van der Waals surface area contributed by atoms with Gasteiger partial charge in [0, 0.05) is 0 Å². The third kappa shape index (κ3) is 1.68. The molecule has 0 radical (unpaired) electrons. The molecule has 0 aromatic rings. The molecule has 1 saturated carbocycles. The Morgan fingerprint density at radius 2 is 1.92 bits per heavy atom. The fourth-order valence-electron chi connectivity index (χ4n) is 3.27. The van der Waals surface area contributed by atoms with Crippen LogP contribution in [-0.4, -0.2) is 0 Å². The Hall–Kier alpha value is -0.260. The van der Waals surface area contributed by atoms with Crippen LogP contribution in [0, 0.1) is 23.2 Å². The molecule has 0 aromatic heterocycles. The highest BCUT2D eigenvalue weighted by Crippen LogP contribution is 2.64. The highest BCUT2D eigenvalue weighted by Gasteiger charge is 2.58. The molecule has 0 saturated heterocycles. The third-order valence-corrected chi connectivity index (χ3v) is 4.09. The summed E-state index contributed by atoms with van der Waals surface area (Å²) in [7, 11) is 0. The van der Waals surface area contributed by atoms with Gasteiger partial charge in [-0.25, -0.2) is 0 Å². The molecular weight excluding hydrogens is 156 g/mol. The van der Waals surface area contributed by atoms with Crippen molar-refractivity contribution in [1.82, 2.24) is 0 Å². The molecule has 0 spiro atoms. The molecule has 1 aliphatic carbocycles. The maximum absolute atomic E-state index is 4.12. The molecular formula is C13H24. The molecule has 0 aliphatic heterocycles. The van der Waals surface area contributed by atoms with E-state index in [9.17, 15) is 0 Å². The van der Waals surface area contributed by atoms with Gasteiger partial charge in [0.2, 0.25) is 0 Å². The summed E-state index contributed by atoms with van der Waals surface area (Å²) in [6, 6.07) is 0. The largest absolute Gasteiger partial charge is 0.0999 e. The van der Waals surface area contributed by atoms with E-state index in [4.69, 9.17) is 0 Å². The van der Waals surface area contributed by atoms with Gasteiger partial charge in [0.25, 0.3) is 0 Å². The molecule has 76 valence electrons. The number of rotatable bonds is 4. The van der Waals surface area contributed by atoms with E-state index < -0.39 is 0 Å². The first-order valence-corrected chi connectivity index (χ1v) is 5.62. The van der Waals surface area contributed by atoms with Crippen molar-refractivity contribution in [3.63, 3.8) is 0 Å². The zero-order valence-electron chi connectivity index (χ0n) is 9.85. The molecule has 0 bridgehead atoms. The molecule has 0 heteroatoms. The van der Waals surface area contributed by atoms with Gasteiger partial charge in [-0.15, -0.1) is 0 Å². The molecule has 3 atom stereocenters. The van der Waals surface area contributed by atoms with Gasteiger partial charge in [-0.05, 0) is 36.5 Å². The van der Waals surface area contributed by atoms with Gasteiger partial charge in [-0.2, -0.15) is 0 Å². The predicted octanol–water partition coefficient (Wildman–Crippen LogP) is 4.27. The number of hydrogen-bond acceptors (Lipinski definition) is 0. The Morgan fingerprint density at radius 3 is 2.15 bits per heavy atom. The van der Waals surface area contributed by atoms with Crippen LogP contribution in [0.5, 0.6) is 0 Å². The second-order valence-corrected chi connectivity index (χ2v) is 5.22. The minimum Gasteiger partial charge on any atom is -0.0999 e. The summed E-state index contributed by atoms with van der Waals surface area (Å²) in [5.74, 6) is 2.61. The second-order valence-electron chi connectivity index (χ2n) is 5.22. The molecule has 1 rings (SSSR count). The molecule has 3 unspecified atom stereocenters. The molecule has 0 nitrogen and oxygen atoms in total. The summed E-state index contributed by atoms with van der Waals surface area (Å²) in [5.41, 5.74) is 1.96. The maximum atomic E-state index is 4.12. The van der Waals surface area contributed by atoms with E-state index in [1.54, 1.807) is 0 Å². The standard InChI is InChI=1S/C13H24/c1-7-10(9(3)4)12-11(8-2)13(12,5)6/h10-12H,3,7-8H2,1-2,4-6H3. The predicted molar refractivity (Wildman–Crippen MR) is 59.6 cm³/mol. The molecule has 13 heavy (non-hydrogen) atoms. The first kappa shape index (κ1) is 10.8. The van der Waals surface area contributed by atoms with Crippen molar-refractivity contribution in [2.75, 3.05) is 0 Å². The zero-order chi connectivity index (χ0) is 10.2. The summed E-state index contributed by atoms with van der Waals surface area (Å²) in [6.45, 7) is 15.7. The first-order chi connectivity index (χ1) is 5.96. The van der Waals surface area contributed by atoms with Gasteiger partial charge in [-0.1, -0.05) is 46.3 Å². The average molecular weight is 180 g/mol. The van der Waals surface area contributed by atoms with Gasteiger partial charge in [0.1, 0.15) is 0 Å². The van der Waals surface area contributed by atoms with Crippen molar-refractivity contribution < 1.29 is 0 Å². The second kappa shape index (κ2) is 3.48. The summed E-state index contributed by atoms with van der Waals surface area (Å²) in [6.07, 6.45) is 2.60. The Labute approximate surface area is 83.4 Å². The Morgan fingerprint density at radius 1 is 1.38 bits per heavy atom. The molecule has 0 N–H and O–H groups in total. The van der Waals surface area contributed by atoms with E-state index in [1.165, 1.54) is 18.4 Å². The van der Waals surface area contributed by atoms with Crippen molar-refractivity contribution in [3.8, 4) is 0 Å². The first-order valence-electron chi connectivity index (χ1n) is 5.62. The highest BCUT2D eigenvalue weighted by atomic mass is 14.6. The van der Waals surface area contributed by atoms with E-state index in [2.05, 4.69) is 41.2 Å². The quantitative estimate of drug-likeness (QED) is 0.567. The molecule has 1 aliphatic rings. The van der Waals surface area contributed by atoms with Gasteiger partial charge < -0.3 is 0 Å². The van der Waals surface area contributed by atoms with Crippen LogP contribution in [-0.2, 0) is 0 Å². The van der Waals surface area contributed by atoms with Crippen LogP contribution in [0.4, 0.5) is 0 Å². The minimum atomic E-state index is 0.578. The number of hydrogen-bond donors (Lipinski definition) is 0. The van der Waals surface area contributed by atoms with Gasteiger partial charge >= 0.3 is 0 Å². The lowest BCUT2D eigenvalue weighted by molar-refractivity contribution is 0.431. The van der Waals surface area contributed by atoms with E-state index in [-0.39, 0.29) is 0 Å². The van der Waals surface area contributed by atoms with Crippen molar-refractivity contribution in [1.29, 1.82) is 0 Å². The third-order valence-electron chi connectivity index (χ3n) is 4.09. The lowest BCUT2D eigenvalue weighted by Gasteiger charge is -2.16. The van der Waals surface area contributed by atoms with Crippen molar-refractivity contribution >= 4 is 0 Å². The van der Waals surface area contributed by atoms with Crippen LogP contribution in [0.2, 0.25) is 0 Å². The summed E-state index contributed by atoms with van der Waals surface area (Å²) < 4.78 is 0. The van der Waals surface area contributed by atoms with Gasteiger partial charge in [0.05, 0.1) is 0 Å². The maximum Gasteiger partial charge on any atom is -0.0175 e. The monoisotopic (exact) mass is 180 g/mol. The van der Waals surface area contributed by atoms with Crippen LogP contribution in [0.1, 0.15) is 47.5 Å². The zero-order valence-corrected chi connectivity index (χ0v) is 9.85. The smallest absolute Gasteiger partial charge is 0.0175 e. The topological polar surface area (TPSA) is 0 Å². The lowest BCUT2D eigenvalue weighted by Crippen LogP contribution is -2.07. The van der Waals surface area contributed by atoms with E-state index in [0.29, 0.717) is 5.41 Å². The SMILES string of the molecule is C=C(C)C(CC)C1C(CC)C1(C)C. The van der Waals surface area contributed by atoms with Crippen LogP contribution in [0.3, 0.4) is 0 Å². The average Bonchev–Trinajstić information content (AvgIpc) is 2.54. The molecule has 0 heterocycles. The van der Waals surface area contributed by atoms with Crippen LogP contribution >= 0.6 is 0 Å². The van der Waals surface area contributed by atoms with Crippen LogP contribution in [0.15, 0.2) is 12.2 Å².